The van der Waals surface area contributed by atoms with Crippen molar-refractivity contribution in [2.45, 2.75) is 12.8 Å². The summed E-state index contributed by atoms with van der Waals surface area (Å²) < 4.78 is 5.10. The third-order valence-electron chi connectivity index (χ3n) is 3.22. The Morgan fingerprint density at radius 1 is 1.50 bits per heavy atom. The molecular weight excluding hydrogens is 224 g/mol. The standard InChI is InChI=1S/C12H17ClN2O/c1-16-9-2-3-11(10(13)6-9)15-8-12(7-14)4-5-12/h2-3,6,15H,4-5,7-8,14H2,1H3. The second-order valence-corrected chi connectivity index (χ2v) is 4.81. The molecule has 0 saturated heterocycles. The number of benzene rings is 1. The Kier molecular flexibility index (Phi) is 3.26. The smallest absolute Gasteiger partial charge is 0.120 e. The van der Waals surface area contributed by atoms with E-state index in [2.05, 4.69) is 5.32 Å². The molecule has 0 radical (unpaired) electrons. The van der Waals surface area contributed by atoms with Crippen LogP contribution in [0.1, 0.15) is 12.8 Å². The van der Waals surface area contributed by atoms with Crippen LogP contribution in [0.4, 0.5) is 5.69 Å². The summed E-state index contributed by atoms with van der Waals surface area (Å²) in [5, 5.41) is 4.04. The number of hydrogen-bond donors (Lipinski definition) is 2. The molecular formula is C12H17ClN2O. The van der Waals surface area contributed by atoms with Gasteiger partial charge >= 0.3 is 0 Å². The fourth-order valence-electron chi connectivity index (χ4n) is 1.68. The highest BCUT2D eigenvalue weighted by molar-refractivity contribution is 6.33. The lowest BCUT2D eigenvalue weighted by atomic mass is 10.1. The Bertz CT molecular complexity index is 377. The van der Waals surface area contributed by atoms with E-state index in [0.717, 1.165) is 24.5 Å². The molecule has 0 unspecified atom stereocenters. The third kappa shape index (κ3) is 2.42. The largest absolute Gasteiger partial charge is 0.497 e. The van der Waals surface area contributed by atoms with Crippen LogP contribution in [-0.2, 0) is 0 Å². The summed E-state index contributed by atoms with van der Waals surface area (Å²) in [7, 11) is 1.63. The Hall–Kier alpha value is -0.930. The first-order chi connectivity index (χ1) is 7.69. The lowest BCUT2D eigenvalue weighted by Crippen LogP contribution is -2.24. The van der Waals surface area contributed by atoms with E-state index in [1.165, 1.54) is 12.8 Å². The Morgan fingerprint density at radius 2 is 2.25 bits per heavy atom. The molecule has 1 aromatic carbocycles. The normalized spacial score (nSPS) is 16.9. The van der Waals surface area contributed by atoms with E-state index in [1.807, 2.05) is 18.2 Å². The van der Waals surface area contributed by atoms with Crippen molar-refractivity contribution in [1.29, 1.82) is 0 Å². The van der Waals surface area contributed by atoms with Gasteiger partial charge in [-0.15, -0.1) is 0 Å². The van der Waals surface area contributed by atoms with Gasteiger partial charge in [-0.05, 0) is 36.9 Å². The van der Waals surface area contributed by atoms with Crippen molar-refractivity contribution in [3.05, 3.63) is 23.2 Å². The van der Waals surface area contributed by atoms with Gasteiger partial charge in [0.1, 0.15) is 5.75 Å². The highest BCUT2D eigenvalue weighted by Crippen LogP contribution is 2.44. The van der Waals surface area contributed by atoms with Crippen LogP contribution in [-0.4, -0.2) is 20.2 Å². The molecule has 3 nitrogen and oxygen atoms in total. The average molecular weight is 241 g/mol. The topological polar surface area (TPSA) is 47.3 Å². The molecule has 0 bridgehead atoms. The van der Waals surface area contributed by atoms with E-state index >= 15 is 0 Å². The van der Waals surface area contributed by atoms with Crippen LogP contribution in [0.25, 0.3) is 0 Å². The van der Waals surface area contributed by atoms with Crippen molar-refractivity contribution in [1.82, 2.24) is 0 Å². The summed E-state index contributed by atoms with van der Waals surface area (Å²) in [5.41, 5.74) is 6.98. The average Bonchev–Trinajstić information content (AvgIpc) is 3.08. The molecule has 0 aromatic heterocycles. The SMILES string of the molecule is COc1ccc(NCC2(CN)CC2)c(Cl)c1. The molecule has 16 heavy (non-hydrogen) atoms. The molecule has 0 atom stereocenters. The fraction of sp³-hybridized carbons (Fsp3) is 0.500. The summed E-state index contributed by atoms with van der Waals surface area (Å²) >= 11 is 6.13. The Morgan fingerprint density at radius 3 is 2.75 bits per heavy atom. The van der Waals surface area contributed by atoms with E-state index in [4.69, 9.17) is 22.1 Å². The van der Waals surface area contributed by atoms with Crippen molar-refractivity contribution in [2.75, 3.05) is 25.5 Å². The van der Waals surface area contributed by atoms with Gasteiger partial charge in [0.15, 0.2) is 0 Å². The van der Waals surface area contributed by atoms with Gasteiger partial charge in [0.05, 0.1) is 17.8 Å². The fourth-order valence-corrected chi connectivity index (χ4v) is 1.92. The molecule has 2 rings (SSSR count). The van der Waals surface area contributed by atoms with Gasteiger partial charge in [-0.3, -0.25) is 0 Å². The van der Waals surface area contributed by atoms with E-state index < -0.39 is 0 Å². The molecule has 1 saturated carbocycles. The van der Waals surface area contributed by atoms with Crippen LogP contribution in [0.2, 0.25) is 5.02 Å². The molecule has 1 aliphatic carbocycles. The third-order valence-corrected chi connectivity index (χ3v) is 3.53. The summed E-state index contributed by atoms with van der Waals surface area (Å²) in [6.07, 6.45) is 2.43. The second kappa shape index (κ2) is 4.52. The first-order valence-corrected chi connectivity index (χ1v) is 5.84. The van der Waals surface area contributed by atoms with Crippen LogP contribution in [0.15, 0.2) is 18.2 Å². The number of nitrogens with two attached hydrogens (primary N) is 1. The summed E-state index contributed by atoms with van der Waals surface area (Å²) in [6.45, 7) is 1.64. The molecule has 3 N–H and O–H groups in total. The zero-order chi connectivity index (χ0) is 11.6. The van der Waals surface area contributed by atoms with Gasteiger partial charge in [-0.2, -0.15) is 0 Å². The number of nitrogens with one attached hydrogen (secondary N) is 1. The maximum atomic E-state index is 6.13. The van der Waals surface area contributed by atoms with Gasteiger partial charge in [0, 0.05) is 12.6 Å². The second-order valence-electron chi connectivity index (χ2n) is 4.40. The van der Waals surface area contributed by atoms with Gasteiger partial charge in [-0.25, -0.2) is 0 Å². The molecule has 0 spiro atoms. The molecule has 88 valence electrons. The van der Waals surface area contributed by atoms with Gasteiger partial charge in [-0.1, -0.05) is 11.6 Å². The number of rotatable bonds is 5. The minimum atomic E-state index is 0.309. The van der Waals surface area contributed by atoms with Crippen molar-refractivity contribution < 1.29 is 4.74 Å². The van der Waals surface area contributed by atoms with Crippen LogP contribution in [0, 0.1) is 5.41 Å². The number of ether oxygens (including phenoxy) is 1. The molecule has 0 heterocycles. The van der Waals surface area contributed by atoms with Gasteiger partial charge < -0.3 is 15.8 Å². The first-order valence-electron chi connectivity index (χ1n) is 5.47. The van der Waals surface area contributed by atoms with Crippen LogP contribution < -0.4 is 15.8 Å². The van der Waals surface area contributed by atoms with Crippen LogP contribution in [0.3, 0.4) is 0 Å². The monoisotopic (exact) mass is 240 g/mol. The van der Waals surface area contributed by atoms with E-state index in [1.54, 1.807) is 7.11 Å². The van der Waals surface area contributed by atoms with Gasteiger partial charge in [0.2, 0.25) is 0 Å². The predicted molar refractivity (Wildman–Crippen MR) is 67.2 cm³/mol. The van der Waals surface area contributed by atoms with Crippen molar-refractivity contribution in [3.8, 4) is 5.75 Å². The lowest BCUT2D eigenvalue weighted by Gasteiger charge is -2.15. The first kappa shape index (κ1) is 11.6. The highest BCUT2D eigenvalue weighted by Gasteiger charge is 2.40. The molecule has 1 fully saturated rings. The minimum Gasteiger partial charge on any atom is -0.497 e. The van der Waals surface area contributed by atoms with E-state index in [-0.39, 0.29) is 0 Å². The van der Waals surface area contributed by atoms with Gasteiger partial charge in [0.25, 0.3) is 0 Å². The minimum absolute atomic E-state index is 0.309. The van der Waals surface area contributed by atoms with Crippen molar-refractivity contribution in [3.63, 3.8) is 0 Å². The number of anilines is 1. The summed E-state index contributed by atoms with van der Waals surface area (Å²) in [6, 6.07) is 5.65. The maximum absolute atomic E-state index is 6.13. The Balaban J connectivity index is 1.99. The number of methoxy groups -OCH3 is 1. The van der Waals surface area contributed by atoms with Crippen molar-refractivity contribution in [2.24, 2.45) is 11.1 Å². The van der Waals surface area contributed by atoms with E-state index in [0.29, 0.717) is 10.4 Å². The zero-order valence-electron chi connectivity index (χ0n) is 9.42. The Labute approximate surface area is 101 Å². The number of hydrogen-bond acceptors (Lipinski definition) is 3. The molecule has 0 aliphatic heterocycles. The molecule has 4 heteroatoms. The van der Waals surface area contributed by atoms with Crippen LogP contribution in [0.5, 0.6) is 5.75 Å². The van der Waals surface area contributed by atoms with Crippen molar-refractivity contribution >= 4 is 17.3 Å². The quantitative estimate of drug-likeness (QED) is 0.832. The maximum Gasteiger partial charge on any atom is 0.120 e. The zero-order valence-corrected chi connectivity index (χ0v) is 10.2. The predicted octanol–water partition coefficient (Wildman–Crippen LogP) is 2.50. The summed E-state index contributed by atoms with van der Waals surface area (Å²) in [4.78, 5) is 0. The molecule has 1 aliphatic rings. The lowest BCUT2D eigenvalue weighted by molar-refractivity contribution is 0.415. The molecule has 0 amide bonds. The highest BCUT2D eigenvalue weighted by atomic mass is 35.5. The molecule has 1 aromatic rings. The summed E-state index contributed by atoms with van der Waals surface area (Å²) in [5.74, 6) is 0.774. The number of halogens is 1. The van der Waals surface area contributed by atoms with Crippen LogP contribution >= 0.6 is 11.6 Å². The van der Waals surface area contributed by atoms with E-state index in [9.17, 15) is 0 Å².